The molecule has 1 unspecified atom stereocenters. The van der Waals surface area contributed by atoms with Crippen molar-refractivity contribution in [1.82, 2.24) is 9.55 Å². The number of hydrogen-bond donors (Lipinski definition) is 1. The zero-order chi connectivity index (χ0) is 33.3. The lowest BCUT2D eigenvalue weighted by Crippen LogP contribution is -2.66. The largest absolute Gasteiger partial charge is 0.414 e. The van der Waals surface area contributed by atoms with Gasteiger partial charge in [0.1, 0.15) is 18.3 Å². The quantitative estimate of drug-likeness (QED) is 0.146. The smallest absolute Gasteiger partial charge is 0.335 e. The van der Waals surface area contributed by atoms with E-state index in [1.54, 1.807) is 19.1 Å². The van der Waals surface area contributed by atoms with Crippen LogP contribution in [0, 0.1) is 10.1 Å². The minimum absolute atomic E-state index is 0.0118. The number of nitrogens with one attached hydrogen (secondary N) is 1. The second-order valence-corrected chi connectivity index (χ2v) is 21.9. The molecule has 0 saturated carbocycles. The lowest BCUT2D eigenvalue weighted by Gasteiger charge is -2.51. The Hall–Kier alpha value is -2.51. The number of rotatable bonds is 11. The Labute approximate surface area is 265 Å². The molecule has 4 rings (SSSR count). The van der Waals surface area contributed by atoms with Gasteiger partial charge in [-0.15, -0.1) is 0 Å². The van der Waals surface area contributed by atoms with Crippen molar-refractivity contribution < 1.29 is 32.1 Å². The topological polar surface area (TPSA) is 153 Å². The van der Waals surface area contributed by atoms with E-state index in [1.165, 1.54) is 29.0 Å². The summed E-state index contributed by atoms with van der Waals surface area (Å²) in [6.45, 7) is 19.1. The molecule has 0 radical (unpaired) electrons. The summed E-state index contributed by atoms with van der Waals surface area (Å²) in [5, 5.41) is 11.0. The molecule has 0 aliphatic carbocycles. The third kappa shape index (κ3) is 7.25. The number of nitrogens with zero attached hydrogens (tertiary/aromatic N) is 2. The molecular weight excluding hydrogens is 619 g/mol. The molecule has 0 bridgehead atoms. The normalized spacial score (nSPS) is 25.4. The number of nitro groups is 1. The maximum absolute atomic E-state index is 13.0. The standard InChI is InChI=1S/C30H47N3O10Si2/c1-18(2)44(19(3)4)39-17-25-27(42-45(43-44,20(5)6)21(7)8)28(29(41-25)32-15-14-26(34)31-30(32)35)40-22(9)38-16-23-10-12-24(13-11-23)33(36)37/h10-15,18-22,25,27-29H,16-17H2,1-9H3,(H,31,34,35)/t22?,25-,27-,28-,29-/m1/s1. The molecule has 0 amide bonds. The number of H-pyrrole nitrogens is 1. The first-order valence-electron chi connectivity index (χ1n) is 15.6. The molecule has 1 aromatic heterocycles. The van der Waals surface area contributed by atoms with Crippen LogP contribution in [0.1, 0.15) is 74.1 Å². The van der Waals surface area contributed by atoms with Crippen molar-refractivity contribution in [3.05, 3.63) is 73.0 Å². The third-order valence-corrected chi connectivity index (χ3v) is 19.0. The number of non-ortho nitro benzene ring substituents is 1. The molecule has 45 heavy (non-hydrogen) atoms. The fraction of sp³-hybridized carbons (Fsp3) is 0.667. The van der Waals surface area contributed by atoms with Crippen LogP contribution in [-0.4, -0.2) is 62.8 Å². The summed E-state index contributed by atoms with van der Waals surface area (Å²) < 4.78 is 41.8. The zero-order valence-electron chi connectivity index (χ0n) is 27.6. The molecule has 0 spiro atoms. The first-order valence-corrected chi connectivity index (χ1v) is 19.5. The summed E-state index contributed by atoms with van der Waals surface area (Å²) in [5.74, 6) is 0. The number of aromatic amines is 1. The molecule has 3 heterocycles. The lowest BCUT2D eigenvalue weighted by molar-refractivity contribution is -0.384. The predicted octanol–water partition coefficient (Wildman–Crippen LogP) is 5.25. The van der Waals surface area contributed by atoms with E-state index in [-0.39, 0.29) is 41.1 Å². The van der Waals surface area contributed by atoms with Crippen LogP contribution in [0.4, 0.5) is 5.69 Å². The summed E-state index contributed by atoms with van der Waals surface area (Å²) in [5.41, 5.74) is -0.0728. The molecule has 1 N–H and O–H groups in total. The van der Waals surface area contributed by atoms with Gasteiger partial charge in [0.15, 0.2) is 12.5 Å². The Morgan fingerprint density at radius 2 is 1.56 bits per heavy atom. The molecule has 15 heteroatoms. The second-order valence-electron chi connectivity index (χ2n) is 13.0. The molecule has 5 atom stereocenters. The highest BCUT2D eigenvalue weighted by Crippen LogP contribution is 2.48. The van der Waals surface area contributed by atoms with E-state index in [0.717, 1.165) is 5.56 Å². The minimum Gasteiger partial charge on any atom is -0.414 e. The van der Waals surface area contributed by atoms with Crippen LogP contribution in [0.5, 0.6) is 0 Å². The van der Waals surface area contributed by atoms with Crippen molar-refractivity contribution in [2.45, 2.75) is 122 Å². The molecule has 1 aromatic carbocycles. The first kappa shape index (κ1) is 35.3. The van der Waals surface area contributed by atoms with Crippen molar-refractivity contribution in [3.8, 4) is 0 Å². The highest BCUT2D eigenvalue weighted by molar-refractivity contribution is 6.84. The Morgan fingerprint density at radius 1 is 0.956 bits per heavy atom. The van der Waals surface area contributed by atoms with Gasteiger partial charge in [-0.05, 0) is 46.8 Å². The average molecular weight is 666 g/mol. The van der Waals surface area contributed by atoms with Crippen molar-refractivity contribution in [1.29, 1.82) is 0 Å². The van der Waals surface area contributed by atoms with E-state index < -0.39 is 64.1 Å². The summed E-state index contributed by atoms with van der Waals surface area (Å²) in [6.07, 6.45) is -2.48. The highest BCUT2D eigenvalue weighted by Gasteiger charge is 2.62. The van der Waals surface area contributed by atoms with Crippen molar-refractivity contribution >= 4 is 22.8 Å². The van der Waals surface area contributed by atoms with Gasteiger partial charge in [0.25, 0.3) is 11.2 Å². The van der Waals surface area contributed by atoms with E-state index in [9.17, 15) is 19.7 Å². The lowest BCUT2D eigenvalue weighted by atomic mass is 10.1. The van der Waals surface area contributed by atoms with E-state index in [0.29, 0.717) is 0 Å². The molecule has 2 fully saturated rings. The Balaban J connectivity index is 1.71. The van der Waals surface area contributed by atoms with Crippen LogP contribution in [0.2, 0.25) is 22.2 Å². The molecule has 13 nitrogen and oxygen atoms in total. The number of nitro benzene ring substituents is 1. The summed E-state index contributed by atoms with van der Waals surface area (Å²) in [7, 11) is -5.91. The van der Waals surface area contributed by atoms with Crippen LogP contribution >= 0.6 is 0 Å². The first-order chi connectivity index (χ1) is 21.1. The van der Waals surface area contributed by atoms with Crippen molar-refractivity contribution in [2.75, 3.05) is 6.61 Å². The van der Waals surface area contributed by atoms with Gasteiger partial charge in [0.2, 0.25) is 0 Å². The molecule has 2 saturated heterocycles. The predicted molar refractivity (Wildman–Crippen MR) is 171 cm³/mol. The third-order valence-electron chi connectivity index (χ3n) is 8.72. The van der Waals surface area contributed by atoms with Crippen molar-refractivity contribution in [3.63, 3.8) is 0 Å². The molecule has 250 valence electrons. The van der Waals surface area contributed by atoms with Crippen LogP contribution in [0.15, 0.2) is 46.1 Å². The SMILES string of the molecule is CC(OCc1ccc([N+](=O)[O-])cc1)O[C@@H]1[C@@H]2O[Si](C(C)C)(C(C)C)O[Si](C(C)C)(C(C)C)OC[C@H]2O[C@H]1n1ccc(=O)[nH]c1=O. The molecule has 2 aromatic rings. The number of fused-ring (bicyclic) bond motifs is 1. The monoisotopic (exact) mass is 665 g/mol. The molecule has 2 aliphatic rings. The average Bonchev–Trinajstić information content (AvgIpc) is 3.26. The second kappa shape index (κ2) is 14.1. The fourth-order valence-electron chi connectivity index (χ4n) is 6.31. The van der Waals surface area contributed by atoms with Gasteiger partial charge in [-0.25, -0.2) is 4.79 Å². The zero-order valence-corrected chi connectivity index (χ0v) is 29.6. The Morgan fingerprint density at radius 3 is 2.09 bits per heavy atom. The minimum atomic E-state index is -3.06. The molecule has 2 aliphatic heterocycles. The Bertz CT molecular complexity index is 1410. The van der Waals surface area contributed by atoms with E-state index in [2.05, 4.69) is 60.4 Å². The van der Waals surface area contributed by atoms with Gasteiger partial charge in [0, 0.05) is 24.4 Å². The van der Waals surface area contributed by atoms with Gasteiger partial charge in [-0.1, -0.05) is 55.4 Å². The Kier molecular flexibility index (Phi) is 11.1. The maximum atomic E-state index is 13.0. The summed E-state index contributed by atoms with van der Waals surface area (Å²) in [6, 6.07) is 7.34. The number of ether oxygens (including phenoxy) is 3. The van der Waals surface area contributed by atoms with Gasteiger partial charge in [-0.3, -0.25) is 24.5 Å². The van der Waals surface area contributed by atoms with Gasteiger partial charge in [0.05, 0.1) is 18.1 Å². The van der Waals surface area contributed by atoms with Crippen LogP contribution in [0.3, 0.4) is 0 Å². The summed E-state index contributed by atoms with van der Waals surface area (Å²) in [4.78, 5) is 37.8. The van der Waals surface area contributed by atoms with Gasteiger partial charge < -0.3 is 27.2 Å². The van der Waals surface area contributed by atoms with E-state index in [1.807, 2.05) is 0 Å². The van der Waals surface area contributed by atoms with Crippen molar-refractivity contribution in [2.24, 2.45) is 0 Å². The van der Waals surface area contributed by atoms with Gasteiger partial charge in [-0.2, -0.15) is 0 Å². The fourth-order valence-corrected chi connectivity index (χ4v) is 17.5. The molecular formula is C30H47N3O10Si2. The van der Waals surface area contributed by atoms with Crippen LogP contribution < -0.4 is 11.2 Å². The van der Waals surface area contributed by atoms with Gasteiger partial charge >= 0.3 is 22.8 Å². The highest BCUT2D eigenvalue weighted by atomic mass is 28.5. The number of hydrogen-bond acceptors (Lipinski definition) is 10. The number of aromatic nitrogens is 2. The summed E-state index contributed by atoms with van der Waals surface area (Å²) >= 11 is 0. The van der Waals surface area contributed by atoms with Crippen LogP contribution in [0.25, 0.3) is 0 Å². The number of benzene rings is 1. The van der Waals surface area contributed by atoms with E-state index >= 15 is 0 Å². The van der Waals surface area contributed by atoms with E-state index in [4.69, 9.17) is 27.2 Å². The van der Waals surface area contributed by atoms with Crippen LogP contribution in [-0.2, 0) is 33.8 Å². The maximum Gasteiger partial charge on any atom is 0.335 e.